The summed E-state index contributed by atoms with van der Waals surface area (Å²) >= 11 is 0. The van der Waals surface area contributed by atoms with Crippen LogP contribution in [-0.2, 0) is 14.7 Å². The van der Waals surface area contributed by atoms with Crippen LogP contribution in [0.25, 0.3) is 0 Å². The Morgan fingerprint density at radius 3 is 2.40 bits per heavy atom. The van der Waals surface area contributed by atoms with E-state index >= 15 is 0 Å². The third kappa shape index (κ3) is 3.65. The Kier molecular flexibility index (Phi) is 3.16. The molecule has 0 aliphatic heterocycles. The minimum Gasteiger partial charge on any atom is -0.260 e. The number of hydrogen-bond acceptors (Lipinski definition) is 5. The molecule has 6 nitrogen and oxygen atoms in total. The molecule has 0 aromatic heterocycles. The molecule has 0 amide bonds. The van der Waals surface area contributed by atoms with Crippen molar-refractivity contribution in [2.75, 3.05) is 0 Å². The molecule has 0 aromatic rings. The molecular weight excluding hydrogens is 142 g/mol. The minimum atomic E-state index is -1.19. The zero-order valence-corrected chi connectivity index (χ0v) is 5.57. The van der Waals surface area contributed by atoms with Gasteiger partial charge in [-0.15, -0.1) is 10.1 Å². The molecule has 0 saturated carbocycles. The Bertz CT molecular complexity index is 143. The highest BCUT2D eigenvalue weighted by Gasteiger charge is 2.10. The molecule has 10 heavy (non-hydrogen) atoms. The summed E-state index contributed by atoms with van der Waals surface area (Å²) < 4.78 is 0. The van der Waals surface area contributed by atoms with Crippen LogP contribution in [0.2, 0.25) is 0 Å². The van der Waals surface area contributed by atoms with E-state index in [1.807, 2.05) is 0 Å². The molecule has 0 radical (unpaired) electrons. The monoisotopic (exact) mass is 149 g/mol. The molecular formula is C4H7NO5. The predicted molar refractivity (Wildman–Crippen MR) is 29.0 cm³/mol. The van der Waals surface area contributed by atoms with Gasteiger partial charge in [0.1, 0.15) is 0 Å². The van der Waals surface area contributed by atoms with Gasteiger partial charge in [0.25, 0.3) is 0 Å². The molecule has 0 aliphatic rings. The average Bonchev–Trinajstić information content (AvgIpc) is 1.82. The van der Waals surface area contributed by atoms with Crippen LogP contribution in [0.4, 0.5) is 0 Å². The summed E-state index contributed by atoms with van der Waals surface area (Å²) in [4.78, 5) is 26.9. The highest BCUT2D eigenvalue weighted by molar-refractivity contribution is 5.70. The van der Waals surface area contributed by atoms with E-state index in [2.05, 4.69) is 9.88 Å². The predicted octanol–water partition coefficient (Wildman–Crippen LogP) is 0.309. The fraction of sp³-hybridized carbons (Fsp3) is 0.750. The lowest BCUT2D eigenvalue weighted by Gasteiger charge is -1.99. The summed E-state index contributed by atoms with van der Waals surface area (Å²) in [6.45, 7) is 3.07. The summed E-state index contributed by atoms with van der Waals surface area (Å²) in [5.74, 6) is -1.20. The molecule has 0 fully saturated rings. The van der Waals surface area contributed by atoms with Crippen molar-refractivity contribution in [3.8, 4) is 0 Å². The van der Waals surface area contributed by atoms with E-state index in [-0.39, 0.29) is 0 Å². The lowest BCUT2D eigenvalue weighted by molar-refractivity contribution is -0.840. The zero-order chi connectivity index (χ0) is 8.15. The van der Waals surface area contributed by atoms with Gasteiger partial charge in [-0.1, -0.05) is 18.8 Å². The first-order valence-corrected chi connectivity index (χ1v) is 2.57. The first-order valence-electron chi connectivity index (χ1n) is 2.57. The normalized spacial score (nSPS) is 9.10. The van der Waals surface area contributed by atoms with Gasteiger partial charge >= 0.3 is 11.1 Å². The van der Waals surface area contributed by atoms with Crippen molar-refractivity contribution >= 4 is 5.97 Å². The Hall–Kier alpha value is -1.33. The maximum absolute atomic E-state index is 10.4. The molecule has 0 atom stereocenters. The number of rotatable bonds is 3. The fourth-order valence-electron chi connectivity index (χ4n) is 0.163. The first kappa shape index (κ1) is 8.67. The van der Waals surface area contributed by atoms with Crippen LogP contribution in [0.1, 0.15) is 13.8 Å². The van der Waals surface area contributed by atoms with Gasteiger partial charge in [-0.3, -0.25) is 4.89 Å². The van der Waals surface area contributed by atoms with E-state index in [1.165, 1.54) is 13.8 Å². The molecule has 0 aromatic carbocycles. The van der Waals surface area contributed by atoms with Crippen LogP contribution in [0.15, 0.2) is 0 Å². The van der Waals surface area contributed by atoms with Crippen molar-refractivity contribution in [3.63, 3.8) is 0 Å². The van der Waals surface area contributed by atoms with Crippen LogP contribution >= 0.6 is 0 Å². The van der Waals surface area contributed by atoms with Crippen molar-refractivity contribution < 1.29 is 19.8 Å². The van der Waals surface area contributed by atoms with E-state index in [9.17, 15) is 14.9 Å². The van der Waals surface area contributed by atoms with Gasteiger partial charge in [-0.2, -0.15) is 0 Å². The largest absolute Gasteiger partial charge is 0.345 e. The highest BCUT2D eigenvalue weighted by Crippen LogP contribution is 1.95. The van der Waals surface area contributed by atoms with Gasteiger partial charge in [-0.05, 0) is 0 Å². The number of nitrogens with zero attached hydrogens (tertiary/aromatic N) is 1. The molecule has 0 N–H and O–H groups in total. The maximum atomic E-state index is 10.4. The average molecular weight is 149 g/mol. The van der Waals surface area contributed by atoms with E-state index in [0.717, 1.165) is 0 Å². The van der Waals surface area contributed by atoms with Crippen molar-refractivity contribution in [3.05, 3.63) is 10.1 Å². The van der Waals surface area contributed by atoms with Crippen molar-refractivity contribution in [2.24, 2.45) is 5.92 Å². The standard InChI is InChI=1S/C4H7NO5/c1-3(2)4(6)9-10-5(7)8/h3H,1-2H3. The Morgan fingerprint density at radius 1 is 1.60 bits per heavy atom. The summed E-state index contributed by atoms with van der Waals surface area (Å²) in [5, 5.41) is 8.24. The fourth-order valence-corrected chi connectivity index (χ4v) is 0.163. The van der Waals surface area contributed by atoms with Crippen molar-refractivity contribution in [2.45, 2.75) is 13.8 Å². The molecule has 0 unspecified atom stereocenters. The summed E-state index contributed by atoms with van der Waals surface area (Å²) in [6.07, 6.45) is 0. The lowest BCUT2D eigenvalue weighted by atomic mass is 10.2. The molecule has 0 bridgehead atoms. The van der Waals surface area contributed by atoms with Gasteiger partial charge in [0.05, 0.1) is 5.92 Å². The smallest absolute Gasteiger partial charge is 0.260 e. The summed E-state index contributed by atoms with van der Waals surface area (Å²) in [6, 6.07) is 0. The first-order chi connectivity index (χ1) is 4.54. The maximum Gasteiger partial charge on any atom is 0.345 e. The second-order valence-electron chi connectivity index (χ2n) is 1.86. The van der Waals surface area contributed by atoms with E-state index in [4.69, 9.17) is 0 Å². The quantitative estimate of drug-likeness (QED) is 0.327. The van der Waals surface area contributed by atoms with Gasteiger partial charge < -0.3 is 0 Å². The Labute approximate surface area is 56.8 Å². The zero-order valence-electron chi connectivity index (χ0n) is 5.57. The summed E-state index contributed by atoms with van der Waals surface area (Å²) in [5.41, 5.74) is 0. The summed E-state index contributed by atoms with van der Waals surface area (Å²) in [7, 11) is 0. The molecule has 0 heterocycles. The topological polar surface area (TPSA) is 78.7 Å². The van der Waals surface area contributed by atoms with Crippen LogP contribution in [0.5, 0.6) is 0 Å². The highest BCUT2D eigenvalue weighted by atomic mass is 17.3. The molecule has 6 heteroatoms. The van der Waals surface area contributed by atoms with Crippen LogP contribution in [-0.4, -0.2) is 11.1 Å². The molecule has 0 saturated heterocycles. The number of hydrogen-bond donors (Lipinski definition) is 0. The number of carbonyl (C=O) groups is 1. The van der Waals surface area contributed by atoms with Crippen LogP contribution in [0, 0.1) is 16.0 Å². The van der Waals surface area contributed by atoms with Crippen LogP contribution in [0.3, 0.4) is 0 Å². The Morgan fingerprint density at radius 2 is 2.10 bits per heavy atom. The minimum absolute atomic E-state index is 0.431. The number of carbonyl (C=O) groups excluding carboxylic acids is 1. The van der Waals surface area contributed by atoms with E-state index in [0.29, 0.717) is 0 Å². The molecule has 0 aliphatic carbocycles. The van der Waals surface area contributed by atoms with Gasteiger partial charge in [0, 0.05) is 0 Å². The van der Waals surface area contributed by atoms with Crippen LogP contribution < -0.4 is 0 Å². The molecule has 0 spiro atoms. The SMILES string of the molecule is CC(C)C(=O)OO[N+](=O)[O-]. The van der Waals surface area contributed by atoms with Gasteiger partial charge in [-0.25, -0.2) is 4.79 Å². The molecule has 58 valence electrons. The van der Waals surface area contributed by atoms with E-state index < -0.39 is 17.0 Å². The molecule has 0 rings (SSSR count). The Balaban J connectivity index is 3.50. The van der Waals surface area contributed by atoms with Crippen molar-refractivity contribution in [1.82, 2.24) is 0 Å². The third-order valence-electron chi connectivity index (χ3n) is 0.652. The second-order valence-corrected chi connectivity index (χ2v) is 1.86. The second kappa shape index (κ2) is 3.65. The van der Waals surface area contributed by atoms with E-state index in [1.54, 1.807) is 0 Å². The third-order valence-corrected chi connectivity index (χ3v) is 0.652. The van der Waals surface area contributed by atoms with Crippen molar-refractivity contribution in [1.29, 1.82) is 0 Å². The van der Waals surface area contributed by atoms with Gasteiger partial charge in [0.2, 0.25) is 0 Å². The lowest BCUT2D eigenvalue weighted by Crippen LogP contribution is -2.14. The van der Waals surface area contributed by atoms with Gasteiger partial charge in [0.15, 0.2) is 0 Å².